The number of benzene rings is 1. The molecule has 0 aliphatic rings. The highest BCUT2D eigenvalue weighted by Crippen LogP contribution is 2.17. The molecule has 0 saturated heterocycles. The summed E-state index contributed by atoms with van der Waals surface area (Å²) in [5.74, 6) is 1.27. The summed E-state index contributed by atoms with van der Waals surface area (Å²) in [4.78, 5) is 12.7. The molecule has 6 nitrogen and oxygen atoms in total. The first kappa shape index (κ1) is 17.0. The molecule has 0 bridgehead atoms. The molecule has 2 heterocycles. The fourth-order valence-corrected chi connectivity index (χ4v) is 2.30. The van der Waals surface area contributed by atoms with Crippen LogP contribution in [0.1, 0.15) is 11.3 Å². The maximum Gasteiger partial charge on any atom is 0.226 e. The number of hydrogen-bond acceptors (Lipinski definition) is 4. The van der Waals surface area contributed by atoms with E-state index in [2.05, 4.69) is 25.6 Å². The number of halogens is 1. The predicted molar refractivity (Wildman–Crippen MR) is 98.2 cm³/mol. The summed E-state index contributed by atoms with van der Waals surface area (Å²) in [6, 6.07) is 13.5. The van der Waals surface area contributed by atoms with Gasteiger partial charge >= 0.3 is 0 Å². The van der Waals surface area contributed by atoms with Crippen molar-refractivity contribution < 1.29 is 4.42 Å². The first-order valence-electron chi connectivity index (χ1n) is 7.79. The molecule has 1 aromatic carbocycles. The molecule has 0 fully saturated rings. The second-order valence-electron chi connectivity index (χ2n) is 5.28. The molecule has 2 aromatic heterocycles. The number of aliphatic imine (C=N–C) groups is 1. The minimum Gasteiger partial charge on any atom is -0.444 e. The van der Waals surface area contributed by atoms with Crippen LogP contribution in [0.5, 0.6) is 0 Å². The fourth-order valence-electron chi connectivity index (χ4n) is 2.19. The molecule has 2 N–H and O–H groups in total. The molecule has 0 amide bonds. The molecule has 0 atom stereocenters. The third-order valence-electron chi connectivity index (χ3n) is 3.48. The van der Waals surface area contributed by atoms with Crippen LogP contribution in [0.2, 0.25) is 5.15 Å². The Labute approximate surface area is 151 Å². The smallest absolute Gasteiger partial charge is 0.226 e. The molecule has 7 heteroatoms. The van der Waals surface area contributed by atoms with E-state index in [9.17, 15) is 0 Å². The van der Waals surface area contributed by atoms with Gasteiger partial charge in [0.05, 0.1) is 12.2 Å². The van der Waals surface area contributed by atoms with E-state index in [4.69, 9.17) is 16.0 Å². The zero-order valence-electron chi connectivity index (χ0n) is 13.7. The summed E-state index contributed by atoms with van der Waals surface area (Å²) >= 11 is 5.78. The van der Waals surface area contributed by atoms with Crippen LogP contribution in [0.3, 0.4) is 0 Å². The first-order valence-corrected chi connectivity index (χ1v) is 8.17. The van der Waals surface area contributed by atoms with Crippen LogP contribution < -0.4 is 10.6 Å². The van der Waals surface area contributed by atoms with E-state index < -0.39 is 0 Å². The number of rotatable bonds is 5. The lowest BCUT2D eigenvalue weighted by Crippen LogP contribution is -2.36. The Hall–Kier alpha value is -2.86. The molecule has 0 spiro atoms. The van der Waals surface area contributed by atoms with E-state index in [-0.39, 0.29) is 0 Å². The van der Waals surface area contributed by atoms with Crippen LogP contribution in [0, 0.1) is 0 Å². The lowest BCUT2D eigenvalue weighted by molar-refractivity contribution is 0.572. The van der Waals surface area contributed by atoms with Gasteiger partial charge in [0.2, 0.25) is 5.89 Å². The number of aromatic nitrogens is 2. The molecule has 0 aliphatic carbocycles. The highest BCUT2D eigenvalue weighted by Gasteiger charge is 2.07. The van der Waals surface area contributed by atoms with Gasteiger partial charge in [0.15, 0.2) is 5.96 Å². The van der Waals surface area contributed by atoms with Gasteiger partial charge in [0.1, 0.15) is 11.4 Å². The number of guanidine groups is 1. The Morgan fingerprint density at radius 3 is 2.64 bits per heavy atom. The van der Waals surface area contributed by atoms with Crippen molar-refractivity contribution in [3.63, 3.8) is 0 Å². The zero-order valence-corrected chi connectivity index (χ0v) is 14.5. The zero-order chi connectivity index (χ0) is 17.5. The molecule has 0 aliphatic heterocycles. The molecule has 0 radical (unpaired) electrons. The Bertz CT molecular complexity index is 830. The average molecular weight is 356 g/mol. The maximum absolute atomic E-state index is 5.78. The largest absolute Gasteiger partial charge is 0.444 e. The number of oxazole rings is 1. The van der Waals surface area contributed by atoms with Gasteiger partial charge in [-0.1, -0.05) is 35.9 Å². The van der Waals surface area contributed by atoms with Crippen molar-refractivity contribution in [3.8, 4) is 11.5 Å². The topological polar surface area (TPSA) is 75.3 Å². The highest BCUT2D eigenvalue weighted by molar-refractivity contribution is 6.29. The molecule has 128 valence electrons. The quantitative estimate of drug-likeness (QED) is 0.417. The van der Waals surface area contributed by atoms with E-state index in [0.717, 1.165) is 16.8 Å². The molecule has 0 unspecified atom stereocenters. The Morgan fingerprint density at radius 1 is 1.12 bits per heavy atom. The van der Waals surface area contributed by atoms with E-state index >= 15 is 0 Å². The van der Waals surface area contributed by atoms with Crippen molar-refractivity contribution in [2.75, 3.05) is 7.05 Å². The highest BCUT2D eigenvalue weighted by atomic mass is 35.5. The maximum atomic E-state index is 5.78. The van der Waals surface area contributed by atoms with Crippen molar-refractivity contribution in [3.05, 3.63) is 71.3 Å². The van der Waals surface area contributed by atoms with E-state index in [0.29, 0.717) is 30.1 Å². The van der Waals surface area contributed by atoms with Crippen molar-refractivity contribution in [1.82, 2.24) is 20.6 Å². The number of nitrogens with zero attached hydrogens (tertiary/aromatic N) is 3. The van der Waals surface area contributed by atoms with Crippen molar-refractivity contribution in [2.45, 2.75) is 13.1 Å². The minimum absolute atomic E-state index is 0.478. The summed E-state index contributed by atoms with van der Waals surface area (Å²) in [7, 11) is 1.72. The number of nitrogens with one attached hydrogen (secondary N) is 2. The predicted octanol–water partition coefficient (Wildman–Crippen LogP) is 3.26. The number of pyridine rings is 1. The standard InChI is InChI=1S/C18H18ClN5O/c1-20-18(22-10-13-7-8-16(19)21-9-13)23-11-15-12-25-17(24-15)14-5-3-2-4-6-14/h2-9,12H,10-11H2,1H3,(H2,20,22,23). The van der Waals surface area contributed by atoms with Crippen LogP contribution in [-0.4, -0.2) is 23.0 Å². The van der Waals surface area contributed by atoms with E-state index in [1.807, 2.05) is 36.4 Å². The van der Waals surface area contributed by atoms with Crippen LogP contribution in [0.15, 0.2) is 64.3 Å². The minimum atomic E-state index is 0.478. The summed E-state index contributed by atoms with van der Waals surface area (Å²) < 4.78 is 5.52. The monoisotopic (exact) mass is 355 g/mol. The Balaban J connectivity index is 1.53. The summed E-state index contributed by atoms with van der Waals surface area (Å²) in [6.07, 6.45) is 3.37. The molecule has 0 saturated carbocycles. The fraction of sp³-hybridized carbons (Fsp3) is 0.167. The van der Waals surface area contributed by atoms with Crippen LogP contribution in [-0.2, 0) is 13.1 Å². The number of hydrogen-bond donors (Lipinski definition) is 2. The molecular formula is C18H18ClN5O. The van der Waals surface area contributed by atoms with E-state index in [1.54, 1.807) is 25.6 Å². The third kappa shape index (κ3) is 4.81. The van der Waals surface area contributed by atoms with Gasteiger partial charge in [-0.25, -0.2) is 9.97 Å². The van der Waals surface area contributed by atoms with Gasteiger partial charge < -0.3 is 15.1 Å². The molecule has 3 aromatic rings. The van der Waals surface area contributed by atoms with Gasteiger partial charge in [-0.3, -0.25) is 4.99 Å². The summed E-state index contributed by atoms with van der Waals surface area (Å²) in [5, 5.41) is 6.89. The second-order valence-corrected chi connectivity index (χ2v) is 5.67. The van der Waals surface area contributed by atoms with Crippen LogP contribution >= 0.6 is 11.6 Å². The Kier molecular flexibility index (Phi) is 5.64. The van der Waals surface area contributed by atoms with Gasteiger partial charge in [0, 0.05) is 25.4 Å². The first-order chi connectivity index (χ1) is 12.2. The lowest BCUT2D eigenvalue weighted by atomic mass is 10.2. The van der Waals surface area contributed by atoms with Crippen LogP contribution in [0.25, 0.3) is 11.5 Å². The third-order valence-corrected chi connectivity index (χ3v) is 3.71. The van der Waals surface area contributed by atoms with Crippen molar-refractivity contribution in [2.24, 2.45) is 4.99 Å². The summed E-state index contributed by atoms with van der Waals surface area (Å²) in [5.41, 5.74) is 2.77. The van der Waals surface area contributed by atoms with Gasteiger partial charge in [0.25, 0.3) is 0 Å². The lowest BCUT2D eigenvalue weighted by Gasteiger charge is -2.10. The second kappa shape index (κ2) is 8.30. The van der Waals surface area contributed by atoms with Gasteiger partial charge in [-0.2, -0.15) is 0 Å². The normalized spacial score (nSPS) is 11.4. The van der Waals surface area contributed by atoms with Gasteiger partial charge in [-0.15, -0.1) is 0 Å². The Morgan fingerprint density at radius 2 is 1.92 bits per heavy atom. The van der Waals surface area contributed by atoms with Crippen LogP contribution in [0.4, 0.5) is 0 Å². The molecule has 3 rings (SSSR count). The average Bonchev–Trinajstić information content (AvgIpc) is 3.13. The van der Waals surface area contributed by atoms with Crippen molar-refractivity contribution in [1.29, 1.82) is 0 Å². The van der Waals surface area contributed by atoms with Crippen molar-refractivity contribution >= 4 is 17.6 Å². The summed E-state index contributed by atoms with van der Waals surface area (Å²) in [6.45, 7) is 1.10. The molecular weight excluding hydrogens is 338 g/mol. The van der Waals surface area contributed by atoms with E-state index in [1.165, 1.54) is 0 Å². The molecule has 25 heavy (non-hydrogen) atoms. The van der Waals surface area contributed by atoms with Gasteiger partial charge in [-0.05, 0) is 23.8 Å². The SMILES string of the molecule is CN=C(NCc1ccc(Cl)nc1)NCc1coc(-c2ccccc2)n1.